The van der Waals surface area contributed by atoms with Gasteiger partial charge >= 0.3 is 10.9 Å². The molecule has 0 saturated heterocycles. The maximum Gasteiger partial charge on any atom is 0.324 e. The van der Waals surface area contributed by atoms with E-state index in [0.717, 1.165) is 0 Å². The average Bonchev–Trinajstić information content (AvgIpc) is 1.63. The Morgan fingerprint density at radius 3 is 2.67 bits per heavy atom. The predicted octanol–water partition coefficient (Wildman–Crippen LogP) is 0.550. The van der Waals surface area contributed by atoms with Crippen LogP contribution < -0.4 is 0 Å². The van der Waals surface area contributed by atoms with Crippen molar-refractivity contribution in [2.75, 3.05) is 0 Å². The molecule has 8 heteroatoms. The fraction of sp³-hybridized carbons (Fsp3) is 1.00. The summed E-state index contributed by atoms with van der Waals surface area (Å²) < 4.78 is 11.3. The van der Waals surface area contributed by atoms with E-state index in [9.17, 15) is 14.5 Å². The monoisotopic (exact) mass is 161 g/mol. The molecular weight excluding hydrogens is 160 g/mol. The Hall–Kier alpha value is -0.660. The molecule has 0 aliphatic carbocycles. The smallest absolute Gasteiger partial charge is 0.194 e. The molecule has 54 valence electrons. The standard InChI is InChI=1S/CHClFNO5/c2-1(3)7-9-8-4(5)6/h1H. The largest absolute Gasteiger partial charge is 0.324 e. The van der Waals surface area contributed by atoms with E-state index in [2.05, 4.69) is 26.5 Å². The molecule has 0 spiro atoms. The predicted molar refractivity (Wildman–Crippen MR) is 21.0 cm³/mol. The third kappa shape index (κ3) is 7.34. The number of hydrogen-bond donors (Lipinski definition) is 0. The van der Waals surface area contributed by atoms with Gasteiger partial charge in [0.25, 0.3) is 0 Å². The van der Waals surface area contributed by atoms with Crippen molar-refractivity contribution in [1.29, 1.82) is 0 Å². The van der Waals surface area contributed by atoms with Gasteiger partial charge in [0.15, 0.2) is 0 Å². The van der Waals surface area contributed by atoms with Gasteiger partial charge in [0.05, 0.1) is 0 Å². The van der Waals surface area contributed by atoms with Gasteiger partial charge in [-0.05, 0) is 5.04 Å². The van der Waals surface area contributed by atoms with E-state index in [-0.39, 0.29) is 0 Å². The summed E-state index contributed by atoms with van der Waals surface area (Å²) in [7, 11) is 0. The molecule has 0 N–H and O–H groups in total. The van der Waals surface area contributed by atoms with E-state index < -0.39 is 10.9 Å². The van der Waals surface area contributed by atoms with Gasteiger partial charge in [0.1, 0.15) is 0 Å². The Morgan fingerprint density at radius 2 is 2.33 bits per heavy atom. The molecule has 0 rings (SSSR count). The molecule has 0 bridgehead atoms. The molecular formula is CHClFNO5. The highest BCUT2D eigenvalue weighted by molar-refractivity contribution is 6.18. The van der Waals surface area contributed by atoms with Crippen molar-refractivity contribution in [2.45, 2.75) is 5.82 Å². The summed E-state index contributed by atoms with van der Waals surface area (Å²) in [5, 5.41) is 11.0. The molecule has 1 unspecified atom stereocenters. The van der Waals surface area contributed by atoms with Crippen LogP contribution in [-0.4, -0.2) is 10.9 Å². The zero-order valence-electron chi connectivity index (χ0n) is 3.82. The molecule has 0 aliphatic rings. The molecule has 9 heavy (non-hydrogen) atoms. The highest BCUT2D eigenvalue weighted by Crippen LogP contribution is 1.98. The maximum atomic E-state index is 11.3. The van der Waals surface area contributed by atoms with Gasteiger partial charge in [0, 0.05) is 0 Å². The van der Waals surface area contributed by atoms with E-state index in [4.69, 9.17) is 0 Å². The normalized spacial score (nSPS) is 12.7. The first-order valence-electron chi connectivity index (χ1n) is 1.55. The fourth-order valence-electron chi connectivity index (χ4n) is 0.0721. The summed E-state index contributed by atoms with van der Waals surface area (Å²) in [4.78, 5) is 15.5. The van der Waals surface area contributed by atoms with E-state index >= 15 is 0 Å². The SMILES string of the molecule is O=[N+]([O-])OOOC(F)Cl. The van der Waals surface area contributed by atoms with Crippen molar-refractivity contribution in [3.8, 4) is 0 Å². The molecule has 0 heterocycles. The third-order valence-corrected chi connectivity index (χ3v) is 0.276. The molecule has 0 aromatic rings. The van der Waals surface area contributed by atoms with Crippen molar-refractivity contribution < 1.29 is 24.4 Å². The van der Waals surface area contributed by atoms with Crippen LogP contribution in [0.2, 0.25) is 0 Å². The first-order chi connectivity index (χ1) is 4.13. The number of alkyl halides is 2. The van der Waals surface area contributed by atoms with Crippen LogP contribution in [0, 0.1) is 10.1 Å². The second-order valence-electron chi connectivity index (χ2n) is 0.723. The quantitative estimate of drug-likeness (QED) is 0.261. The van der Waals surface area contributed by atoms with Crippen molar-refractivity contribution in [2.24, 2.45) is 0 Å². The van der Waals surface area contributed by atoms with Gasteiger partial charge in [-0.25, -0.2) is 0 Å². The van der Waals surface area contributed by atoms with Crippen LogP contribution in [0.3, 0.4) is 0 Å². The number of hydrogen-bond acceptors (Lipinski definition) is 5. The lowest BCUT2D eigenvalue weighted by atomic mass is 11.6. The molecule has 0 radical (unpaired) electrons. The molecule has 0 aliphatic heterocycles. The van der Waals surface area contributed by atoms with Crippen LogP contribution in [0.1, 0.15) is 0 Å². The Kier molecular flexibility index (Phi) is 3.93. The van der Waals surface area contributed by atoms with E-state index in [1.165, 1.54) is 0 Å². The third-order valence-electron chi connectivity index (χ3n) is 0.203. The van der Waals surface area contributed by atoms with Crippen LogP contribution in [0.15, 0.2) is 0 Å². The van der Waals surface area contributed by atoms with Gasteiger partial charge in [-0.1, -0.05) is 11.6 Å². The summed E-state index contributed by atoms with van der Waals surface area (Å²) in [5.41, 5.74) is 0. The Morgan fingerprint density at radius 1 is 1.78 bits per heavy atom. The number of rotatable bonds is 4. The summed E-state index contributed by atoms with van der Waals surface area (Å²) in [5.74, 6) is -2.29. The lowest BCUT2D eigenvalue weighted by Gasteiger charge is -1.95. The molecule has 0 aromatic carbocycles. The zero-order valence-corrected chi connectivity index (χ0v) is 4.58. The minimum Gasteiger partial charge on any atom is -0.194 e. The van der Waals surface area contributed by atoms with Gasteiger partial charge in [-0.3, -0.25) is 0 Å². The summed E-state index contributed by atoms with van der Waals surface area (Å²) in [6.45, 7) is 0. The van der Waals surface area contributed by atoms with E-state index in [0.29, 0.717) is 0 Å². The Labute approximate surface area is 53.0 Å². The molecule has 0 saturated carbocycles. The molecule has 0 fully saturated rings. The van der Waals surface area contributed by atoms with Crippen LogP contribution in [0.5, 0.6) is 0 Å². The highest BCUT2D eigenvalue weighted by Gasteiger charge is 2.02. The topological polar surface area (TPSA) is 70.8 Å². The number of nitrogens with zero attached hydrogens (tertiary/aromatic N) is 1. The van der Waals surface area contributed by atoms with Gasteiger partial charge in [0.2, 0.25) is 0 Å². The molecule has 0 amide bonds. The second-order valence-corrected chi connectivity index (χ2v) is 1.07. The number of halogens is 2. The zero-order chi connectivity index (χ0) is 7.28. The van der Waals surface area contributed by atoms with Gasteiger partial charge in [-0.15, -0.1) is 15.1 Å². The van der Waals surface area contributed by atoms with Crippen molar-refractivity contribution >= 4 is 11.6 Å². The van der Waals surface area contributed by atoms with Gasteiger partial charge < -0.3 is 0 Å². The van der Waals surface area contributed by atoms with Crippen LogP contribution in [-0.2, 0) is 14.9 Å². The fourth-order valence-corrected chi connectivity index (χ4v) is 0.102. The van der Waals surface area contributed by atoms with Gasteiger partial charge in [-0.2, -0.15) is 9.28 Å². The molecule has 1 atom stereocenters. The van der Waals surface area contributed by atoms with Crippen molar-refractivity contribution in [1.82, 2.24) is 0 Å². The summed E-state index contributed by atoms with van der Waals surface area (Å²) in [6.07, 6.45) is 0. The Bertz CT molecular complexity index is 97.0. The highest BCUT2D eigenvalue weighted by atomic mass is 35.5. The average molecular weight is 161 g/mol. The summed E-state index contributed by atoms with van der Waals surface area (Å²) in [6, 6.07) is 0. The lowest BCUT2D eigenvalue weighted by molar-refractivity contribution is -0.892. The maximum absolute atomic E-state index is 11.3. The minimum absolute atomic E-state index is 1.33. The van der Waals surface area contributed by atoms with Crippen molar-refractivity contribution in [3.05, 3.63) is 10.1 Å². The summed E-state index contributed by atoms with van der Waals surface area (Å²) >= 11 is 4.44. The lowest BCUT2D eigenvalue weighted by Crippen LogP contribution is -2.05. The Balaban J connectivity index is 3.01. The molecule has 6 nitrogen and oxygen atoms in total. The van der Waals surface area contributed by atoms with E-state index in [1.807, 2.05) is 0 Å². The van der Waals surface area contributed by atoms with E-state index in [1.54, 1.807) is 0 Å². The molecule has 0 aromatic heterocycles. The van der Waals surface area contributed by atoms with Crippen LogP contribution in [0.25, 0.3) is 0 Å². The van der Waals surface area contributed by atoms with Crippen LogP contribution in [0.4, 0.5) is 4.39 Å². The first kappa shape index (κ1) is 8.34. The van der Waals surface area contributed by atoms with Crippen LogP contribution >= 0.6 is 11.6 Å². The minimum atomic E-state index is -2.29. The second kappa shape index (κ2) is 4.24. The van der Waals surface area contributed by atoms with Crippen molar-refractivity contribution in [3.63, 3.8) is 0 Å². The first-order valence-corrected chi connectivity index (χ1v) is 1.99.